The average molecular weight is 493 g/mol. The van der Waals surface area contributed by atoms with Gasteiger partial charge >= 0.3 is 5.97 Å². The maximum atomic E-state index is 12.7. The number of ether oxygens (including phenoxy) is 1. The number of phenolic OH excluding ortho intramolecular Hbond substituents is 2. The number of aromatic hydroxyl groups is 2. The predicted octanol–water partition coefficient (Wildman–Crippen LogP) is 4.76. The van der Waals surface area contributed by atoms with Crippen LogP contribution in [0.15, 0.2) is 35.5 Å². The molecule has 0 saturated carbocycles. The van der Waals surface area contributed by atoms with Crippen LogP contribution in [-0.4, -0.2) is 58.0 Å². The van der Waals surface area contributed by atoms with Gasteiger partial charge in [-0.25, -0.2) is 4.79 Å². The third-order valence-electron chi connectivity index (χ3n) is 5.15. The maximum Gasteiger partial charge on any atom is 0.342 e. The van der Waals surface area contributed by atoms with Gasteiger partial charge in [-0.2, -0.15) is 0 Å². The lowest BCUT2D eigenvalue weighted by Gasteiger charge is -2.30. The molecule has 1 heterocycles. The fraction of sp³-hybridized carbons (Fsp3) is 0.480. The Kier molecular flexibility index (Phi) is 10.4. The zero-order valence-electron chi connectivity index (χ0n) is 20.1. The first-order chi connectivity index (χ1) is 16.1. The SMILES string of the molecule is CC(C)N(C(=O)CO/N=C1\C=C\CC/C=C/CCOC(=O)c2c(O)cc(O)c(Cl)c2C1)C(C)C. The van der Waals surface area contributed by atoms with Gasteiger partial charge in [0.25, 0.3) is 5.91 Å². The van der Waals surface area contributed by atoms with Crippen LogP contribution in [0.3, 0.4) is 0 Å². The third kappa shape index (κ3) is 7.52. The van der Waals surface area contributed by atoms with Crippen molar-refractivity contribution in [1.82, 2.24) is 4.90 Å². The molecular weight excluding hydrogens is 460 g/mol. The smallest absolute Gasteiger partial charge is 0.342 e. The van der Waals surface area contributed by atoms with E-state index < -0.39 is 11.7 Å². The molecule has 1 aliphatic heterocycles. The number of esters is 1. The summed E-state index contributed by atoms with van der Waals surface area (Å²) in [5, 5.41) is 24.5. The quantitative estimate of drug-likeness (QED) is 0.348. The lowest BCUT2D eigenvalue weighted by Crippen LogP contribution is -2.43. The van der Waals surface area contributed by atoms with Crippen molar-refractivity contribution < 1.29 is 29.4 Å². The van der Waals surface area contributed by atoms with Gasteiger partial charge in [0.2, 0.25) is 0 Å². The number of allylic oxidation sites excluding steroid dienone is 3. The Bertz CT molecular complexity index is 961. The topological polar surface area (TPSA) is 109 Å². The minimum atomic E-state index is -0.760. The molecule has 0 spiro atoms. The minimum Gasteiger partial charge on any atom is -0.507 e. The van der Waals surface area contributed by atoms with E-state index in [0.717, 1.165) is 18.9 Å². The molecule has 2 N–H and O–H groups in total. The molecule has 0 saturated heterocycles. The van der Waals surface area contributed by atoms with E-state index in [1.807, 2.05) is 45.9 Å². The van der Waals surface area contributed by atoms with Crippen molar-refractivity contribution in [2.24, 2.45) is 5.16 Å². The maximum absolute atomic E-state index is 12.7. The zero-order valence-corrected chi connectivity index (χ0v) is 20.8. The Morgan fingerprint density at radius 1 is 1.12 bits per heavy atom. The molecule has 9 heteroatoms. The van der Waals surface area contributed by atoms with Gasteiger partial charge in [0, 0.05) is 24.6 Å². The first-order valence-electron chi connectivity index (χ1n) is 11.3. The van der Waals surface area contributed by atoms with Crippen LogP contribution in [0.4, 0.5) is 0 Å². The molecule has 1 aromatic rings. The van der Waals surface area contributed by atoms with Crippen LogP contribution in [0.2, 0.25) is 5.02 Å². The van der Waals surface area contributed by atoms with E-state index in [-0.39, 0.29) is 59.5 Å². The highest BCUT2D eigenvalue weighted by molar-refractivity contribution is 6.33. The number of amides is 1. The van der Waals surface area contributed by atoms with Crippen molar-refractivity contribution in [2.45, 2.75) is 65.5 Å². The number of fused-ring (bicyclic) bond motifs is 1. The zero-order chi connectivity index (χ0) is 25.3. The standard InChI is InChI=1S/C25H33ClN2O6/c1-16(2)28(17(3)4)22(31)15-34-27-18-11-9-7-5-6-8-10-12-33-25(32)23-19(13-18)24(26)21(30)14-20(23)29/h6,8-9,11,14,16-17,29-30H,5,7,10,12-13,15H2,1-4H3/b8-6+,11-9+,27-18+. The highest BCUT2D eigenvalue weighted by Gasteiger charge is 2.25. The highest BCUT2D eigenvalue weighted by atomic mass is 35.5. The van der Waals surface area contributed by atoms with Gasteiger partial charge in [0.05, 0.1) is 17.3 Å². The number of carbonyl (C=O) groups excluding carboxylic acids is 2. The monoisotopic (exact) mass is 492 g/mol. The van der Waals surface area contributed by atoms with Crippen LogP contribution in [0.5, 0.6) is 11.5 Å². The minimum absolute atomic E-state index is 0.00806. The molecule has 0 aromatic heterocycles. The lowest BCUT2D eigenvalue weighted by molar-refractivity contribution is -0.139. The van der Waals surface area contributed by atoms with Gasteiger partial charge in [-0.1, -0.05) is 35.0 Å². The van der Waals surface area contributed by atoms with Gasteiger partial charge in [-0.3, -0.25) is 4.79 Å². The fourth-order valence-corrected chi connectivity index (χ4v) is 3.95. The lowest BCUT2D eigenvalue weighted by atomic mass is 9.99. The molecule has 0 radical (unpaired) electrons. The molecule has 0 fully saturated rings. The van der Waals surface area contributed by atoms with Gasteiger partial charge in [0.1, 0.15) is 17.1 Å². The Hall–Kier alpha value is -3.00. The van der Waals surface area contributed by atoms with Crippen LogP contribution in [0, 0.1) is 0 Å². The first kappa shape index (κ1) is 27.2. The van der Waals surface area contributed by atoms with E-state index in [0.29, 0.717) is 12.1 Å². The predicted molar refractivity (Wildman–Crippen MR) is 131 cm³/mol. The number of carbonyl (C=O) groups is 2. The van der Waals surface area contributed by atoms with E-state index >= 15 is 0 Å². The molecule has 8 nitrogen and oxygen atoms in total. The van der Waals surface area contributed by atoms with Gasteiger partial charge in [-0.05, 0) is 58.6 Å². The van der Waals surface area contributed by atoms with Crippen molar-refractivity contribution in [3.63, 3.8) is 0 Å². The van der Waals surface area contributed by atoms with Crippen molar-refractivity contribution in [2.75, 3.05) is 13.2 Å². The molecule has 1 aliphatic rings. The number of nitrogens with zero attached hydrogens (tertiary/aromatic N) is 2. The molecule has 186 valence electrons. The van der Waals surface area contributed by atoms with Crippen molar-refractivity contribution in [3.8, 4) is 11.5 Å². The molecule has 34 heavy (non-hydrogen) atoms. The number of benzene rings is 1. The van der Waals surface area contributed by atoms with Gasteiger partial charge < -0.3 is 24.7 Å². The largest absolute Gasteiger partial charge is 0.507 e. The molecule has 1 aromatic carbocycles. The van der Waals surface area contributed by atoms with Crippen LogP contribution in [0.25, 0.3) is 0 Å². The second kappa shape index (κ2) is 13.0. The average Bonchev–Trinajstić information content (AvgIpc) is 2.74. The summed E-state index contributed by atoms with van der Waals surface area (Å²) in [4.78, 5) is 32.4. The molecule has 0 atom stereocenters. The number of halogens is 1. The Balaban J connectivity index is 2.38. The highest BCUT2D eigenvalue weighted by Crippen LogP contribution is 2.37. The summed E-state index contributed by atoms with van der Waals surface area (Å²) in [6.07, 6.45) is 9.52. The molecule has 0 aliphatic carbocycles. The molecule has 0 unspecified atom stereocenters. The van der Waals surface area contributed by atoms with Gasteiger partial charge in [0.15, 0.2) is 6.61 Å². The normalized spacial score (nSPS) is 18.2. The number of phenols is 2. The Morgan fingerprint density at radius 2 is 1.76 bits per heavy atom. The first-order valence-corrected chi connectivity index (χ1v) is 11.7. The van der Waals surface area contributed by atoms with Crippen molar-refractivity contribution in [1.29, 1.82) is 0 Å². The number of cyclic esters (lactones) is 1. The van der Waals surface area contributed by atoms with Gasteiger partial charge in [-0.15, -0.1) is 0 Å². The number of hydrogen-bond donors (Lipinski definition) is 2. The summed E-state index contributed by atoms with van der Waals surface area (Å²) in [6.45, 7) is 7.58. The van der Waals surface area contributed by atoms with Crippen LogP contribution in [-0.2, 0) is 20.8 Å². The summed E-state index contributed by atoms with van der Waals surface area (Å²) in [5.74, 6) is -1.79. The molecular formula is C25H33ClN2O6. The van der Waals surface area contributed by atoms with E-state index in [2.05, 4.69) is 5.16 Å². The summed E-state index contributed by atoms with van der Waals surface area (Å²) < 4.78 is 5.28. The summed E-state index contributed by atoms with van der Waals surface area (Å²) in [6, 6.07) is 1.02. The van der Waals surface area contributed by atoms with E-state index in [4.69, 9.17) is 21.2 Å². The van der Waals surface area contributed by atoms with E-state index in [9.17, 15) is 19.8 Å². The fourth-order valence-electron chi connectivity index (χ4n) is 3.74. The second-order valence-electron chi connectivity index (χ2n) is 8.48. The molecule has 1 amide bonds. The van der Waals surface area contributed by atoms with Crippen molar-refractivity contribution >= 4 is 29.2 Å². The van der Waals surface area contributed by atoms with Crippen LogP contribution in [0.1, 0.15) is 62.9 Å². The number of rotatable bonds is 5. The van der Waals surface area contributed by atoms with E-state index in [1.165, 1.54) is 0 Å². The second-order valence-corrected chi connectivity index (χ2v) is 8.86. The summed E-state index contributed by atoms with van der Waals surface area (Å²) in [5.41, 5.74) is 0.364. The third-order valence-corrected chi connectivity index (χ3v) is 5.57. The summed E-state index contributed by atoms with van der Waals surface area (Å²) in [7, 11) is 0. The Labute approximate surface area is 205 Å². The number of oxime groups is 1. The molecule has 2 rings (SSSR count). The van der Waals surface area contributed by atoms with Crippen LogP contribution < -0.4 is 0 Å². The van der Waals surface area contributed by atoms with E-state index in [1.54, 1.807) is 11.0 Å². The summed E-state index contributed by atoms with van der Waals surface area (Å²) >= 11 is 6.30. The Morgan fingerprint density at radius 3 is 2.44 bits per heavy atom. The number of hydrogen-bond acceptors (Lipinski definition) is 7. The van der Waals surface area contributed by atoms with Crippen LogP contribution >= 0.6 is 11.6 Å². The van der Waals surface area contributed by atoms with Crippen molar-refractivity contribution in [3.05, 3.63) is 46.5 Å². The molecule has 0 bridgehead atoms.